The molecule has 26 heavy (non-hydrogen) atoms. The summed E-state index contributed by atoms with van der Waals surface area (Å²) >= 11 is 0. The molecule has 0 atom stereocenters. The van der Waals surface area contributed by atoms with Gasteiger partial charge in [0.05, 0.1) is 11.3 Å². The van der Waals surface area contributed by atoms with Gasteiger partial charge in [-0.15, -0.1) is 5.10 Å². The lowest BCUT2D eigenvalue weighted by atomic mass is 10.0. The average Bonchev–Trinajstić information content (AvgIpc) is 2.58. The summed E-state index contributed by atoms with van der Waals surface area (Å²) in [5, 5.41) is 8.36. The van der Waals surface area contributed by atoms with E-state index < -0.39 is 11.7 Å². The van der Waals surface area contributed by atoms with Crippen LogP contribution in [0, 0.1) is 5.82 Å². The molecule has 0 aliphatic heterocycles. The summed E-state index contributed by atoms with van der Waals surface area (Å²) in [6, 6.07) is 10.6. The van der Waals surface area contributed by atoms with Gasteiger partial charge in [-0.25, -0.2) is 4.39 Å². The number of rotatable bonds is 4. The zero-order valence-electron chi connectivity index (χ0n) is 14.7. The van der Waals surface area contributed by atoms with E-state index in [1.807, 2.05) is 14.1 Å². The summed E-state index contributed by atoms with van der Waals surface area (Å²) in [6.45, 7) is 1.78. The molecule has 0 radical (unpaired) electrons. The van der Waals surface area contributed by atoms with Gasteiger partial charge < -0.3 is 4.90 Å². The first-order valence-corrected chi connectivity index (χ1v) is 7.87. The predicted molar refractivity (Wildman–Crippen MR) is 94.9 cm³/mol. The van der Waals surface area contributed by atoms with Gasteiger partial charge in [-0.1, -0.05) is 24.3 Å². The van der Waals surface area contributed by atoms with Gasteiger partial charge in [0, 0.05) is 20.5 Å². The molecule has 3 nitrogen and oxygen atoms in total. The Kier molecular flexibility index (Phi) is 6.13. The summed E-state index contributed by atoms with van der Waals surface area (Å²) in [6.07, 6.45) is -4.10. The highest BCUT2D eigenvalue weighted by Gasteiger charge is 2.29. The zero-order chi connectivity index (χ0) is 19.3. The van der Waals surface area contributed by atoms with E-state index in [-0.39, 0.29) is 12.2 Å². The van der Waals surface area contributed by atoms with Crippen molar-refractivity contribution in [3.05, 3.63) is 71.0 Å². The Labute approximate surface area is 149 Å². The third-order valence-electron chi connectivity index (χ3n) is 3.79. The third-order valence-corrected chi connectivity index (χ3v) is 3.79. The maximum absolute atomic E-state index is 13.2. The molecule has 0 unspecified atom stereocenters. The molecule has 0 spiro atoms. The minimum Gasteiger partial charge on any atom is -0.365 e. The van der Waals surface area contributed by atoms with E-state index in [0.29, 0.717) is 22.7 Å². The van der Waals surface area contributed by atoms with Crippen LogP contribution in [-0.2, 0) is 12.6 Å². The molecular formula is C19H19F4N3. The van der Waals surface area contributed by atoms with Crippen LogP contribution in [-0.4, -0.2) is 30.5 Å². The Hall–Kier alpha value is -2.70. The molecular weight excluding hydrogens is 346 g/mol. The Morgan fingerprint density at radius 1 is 0.923 bits per heavy atom. The monoisotopic (exact) mass is 365 g/mol. The van der Waals surface area contributed by atoms with Gasteiger partial charge in [-0.3, -0.25) is 0 Å². The smallest absolute Gasteiger partial charge is 0.365 e. The number of amidine groups is 1. The van der Waals surface area contributed by atoms with E-state index in [1.54, 1.807) is 24.0 Å². The number of hydrogen-bond donors (Lipinski definition) is 0. The molecule has 0 saturated heterocycles. The number of benzene rings is 2. The molecule has 0 heterocycles. The van der Waals surface area contributed by atoms with E-state index in [0.717, 1.165) is 12.1 Å². The van der Waals surface area contributed by atoms with Crippen LogP contribution in [0.1, 0.15) is 23.6 Å². The summed E-state index contributed by atoms with van der Waals surface area (Å²) in [5.41, 5.74) is 1.13. The van der Waals surface area contributed by atoms with Gasteiger partial charge in [0.25, 0.3) is 0 Å². The Morgan fingerprint density at radius 2 is 1.50 bits per heavy atom. The van der Waals surface area contributed by atoms with Crippen LogP contribution in [0.4, 0.5) is 17.6 Å². The van der Waals surface area contributed by atoms with Gasteiger partial charge in [0.15, 0.2) is 0 Å². The van der Waals surface area contributed by atoms with Gasteiger partial charge >= 0.3 is 6.18 Å². The molecule has 0 aromatic heterocycles. The van der Waals surface area contributed by atoms with E-state index >= 15 is 0 Å². The molecule has 138 valence electrons. The van der Waals surface area contributed by atoms with E-state index in [4.69, 9.17) is 0 Å². The summed E-state index contributed by atoms with van der Waals surface area (Å²) in [5.74, 6) is 0.285. The van der Waals surface area contributed by atoms with Crippen molar-refractivity contribution in [2.75, 3.05) is 14.1 Å². The van der Waals surface area contributed by atoms with Crippen molar-refractivity contribution in [2.24, 2.45) is 10.2 Å². The molecule has 2 aromatic rings. The van der Waals surface area contributed by atoms with Crippen LogP contribution in [0.15, 0.2) is 58.7 Å². The lowest BCUT2D eigenvalue weighted by Crippen LogP contribution is -2.18. The molecule has 2 aromatic carbocycles. The molecule has 0 bridgehead atoms. The number of hydrogen-bond acceptors (Lipinski definition) is 2. The quantitative estimate of drug-likeness (QED) is 0.332. The Balaban J connectivity index is 2.33. The second-order valence-corrected chi connectivity index (χ2v) is 5.97. The van der Waals surface area contributed by atoms with Crippen LogP contribution in [0.5, 0.6) is 0 Å². The van der Waals surface area contributed by atoms with Gasteiger partial charge in [-0.05, 0) is 42.3 Å². The van der Waals surface area contributed by atoms with Crippen molar-refractivity contribution in [1.82, 2.24) is 4.90 Å². The second-order valence-electron chi connectivity index (χ2n) is 5.97. The molecule has 0 saturated carbocycles. The predicted octanol–water partition coefficient (Wildman–Crippen LogP) is 4.77. The first-order valence-electron chi connectivity index (χ1n) is 7.87. The number of nitrogens with zero attached hydrogens (tertiary/aromatic N) is 3. The first-order chi connectivity index (χ1) is 12.2. The second kappa shape index (κ2) is 8.12. The van der Waals surface area contributed by atoms with Crippen LogP contribution in [0.25, 0.3) is 0 Å². The largest absolute Gasteiger partial charge is 0.416 e. The van der Waals surface area contributed by atoms with Crippen LogP contribution in [0.3, 0.4) is 0 Å². The summed E-state index contributed by atoms with van der Waals surface area (Å²) in [7, 11) is 3.64. The first kappa shape index (κ1) is 19.6. The molecule has 0 N–H and O–H groups in total. The molecule has 0 amide bonds. The highest BCUT2D eigenvalue weighted by molar-refractivity contribution is 6.02. The maximum atomic E-state index is 13.2. The topological polar surface area (TPSA) is 28.0 Å². The van der Waals surface area contributed by atoms with Gasteiger partial charge in [0.2, 0.25) is 0 Å². The van der Waals surface area contributed by atoms with Gasteiger partial charge in [0.1, 0.15) is 11.7 Å². The molecule has 2 rings (SSSR count). The minimum atomic E-state index is -4.38. The molecule has 0 fully saturated rings. The van der Waals surface area contributed by atoms with E-state index in [9.17, 15) is 17.6 Å². The third kappa shape index (κ3) is 5.40. The van der Waals surface area contributed by atoms with E-state index in [2.05, 4.69) is 10.2 Å². The fraction of sp³-hybridized carbons (Fsp3) is 0.263. The van der Waals surface area contributed by atoms with Crippen LogP contribution >= 0.6 is 0 Å². The minimum absolute atomic E-state index is 0.272. The van der Waals surface area contributed by atoms with Crippen molar-refractivity contribution in [1.29, 1.82) is 0 Å². The number of alkyl halides is 3. The molecule has 0 aliphatic rings. The summed E-state index contributed by atoms with van der Waals surface area (Å²) in [4.78, 5) is 1.78. The highest BCUT2D eigenvalue weighted by atomic mass is 19.4. The summed E-state index contributed by atoms with van der Waals surface area (Å²) < 4.78 is 51.2. The van der Waals surface area contributed by atoms with E-state index in [1.165, 1.54) is 24.3 Å². The van der Waals surface area contributed by atoms with Crippen molar-refractivity contribution >= 4 is 11.5 Å². The molecule has 7 heteroatoms. The van der Waals surface area contributed by atoms with Crippen molar-refractivity contribution in [3.8, 4) is 0 Å². The SMILES string of the molecule is C/C(=N/N=C(/Cc1ccc(C(F)(F)F)cc1)c1ccc(F)cc1)N(C)C. The fourth-order valence-electron chi connectivity index (χ4n) is 2.06. The lowest BCUT2D eigenvalue weighted by molar-refractivity contribution is -0.137. The van der Waals surface area contributed by atoms with Crippen molar-refractivity contribution in [2.45, 2.75) is 19.5 Å². The van der Waals surface area contributed by atoms with Crippen molar-refractivity contribution < 1.29 is 17.6 Å². The number of halogens is 4. The van der Waals surface area contributed by atoms with Crippen LogP contribution < -0.4 is 0 Å². The van der Waals surface area contributed by atoms with Crippen molar-refractivity contribution in [3.63, 3.8) is 0 Å². The zero-order valence-corrected chi connectivity index (χ0v) is 14.7. The fourth-order valence-corrected chi connectivity index (χ4v) is 2.06. The standard InChI is InChI=1S/C19H19F4N3/c1-13(26(2)3)24-25-18(15-6-10-17(20)11-7-15)12-14-4-8-16(9-5-14)19(21,22)23/h4-11H,12H2,1-3H3/b24-13-,25-18-. The normalized spacial score (nSPS) is 13.0. The van der Waals surface area contributed by atoms with Crippen LogP contribution in [0.2, 0.25) is 0 Å². The maximum Gasteiger partial charge on any atom is 0.416 e. The Bertz CT molecular complexity index is 789. The Morgan fingerprint density at radius 3 is 2.00 bits per heavy atom. The van der Waals surface area contributed by atoms with Gasteiger partial charge in [-0.2, -0.15) is 18.3 Å². The average molecular weight is 365 g/mol. The highest BCUT2D eigenvalue weighted by Crippen LogP contribution is 2.29. The lowest BCUT2D eigenvalue weighted by Gasteiger charge is -2.11. The molecule has 0 aliphatic carbocycles.